The standard InChI is InChI=1S/C43H29N3/c1-3-10-28(11-4-1)39-27-40(29-12-5-2-6-13-29)46-43(45-39)35-25-33(24-34(26-35)38-16-7-8-23-44-38)36-21-19-32-18-17-30-14-9-15-31-20-22-37(36)42(32)41(30)31/h1-12,14-27,29H,13H2. The second-order valence-electron chi connectivity index (χ2n) is 12.0. The Bertz CT molecular complexity index is 2430. The molecule has 8 aromatic rings. The van der Waals surface area contributed by atoms with Crippen molar-refractivity contribution in [3.63, 3.8) is 0 Å². The van der Waals surface area contributed by atoms with E-state index in [-0.39, 0.29) is 5.92 Å². The molecular formula is C43H29N3. The van der Waals surface area contributed by atoms with Crippen molar-refractivity contribution in [1.82, 2.24) is 15.0 Å². The zero-order chi connectivity index (χ0) is 30.5. The molecule has 0 fully saturated rings. The third-order valence-corrected chi connectivity index (χ3v) is 9.17. The fraction of sp³-hybridized carbons (Fsp3) is 0.0465. The minimum Gasteiger partial charge on any atom is -0.256 e. The van der Waals surface area contributed by atoms with E-state index in [1.54, 1.807) is 0 Å². The molecule has 3 heteroatoms. The van der Waals surface area contributed by atoms with Crippen LogP contribution in [-0.2, 0) is 0 Å². The first-order valence-electron chi connectivity index (χ1n) is 15.8. The van der Waals surface area contributed by atoms with Crippen LogP contribution >= 0.6 is 0 Å². The van der Waals surface area contributed by atoms with E-state index >= 15 is 0 Å². The summed E-state index contributed by atoms with van der Waals surface area (Å²) >= 11 is 0. The van der Waals surface area contributed by atoms with Gasteiger partial charge in [-0.15, -0.1) is 0 Å². The zero-order valence-corrected chi connectivity index (χ0v) is 25.1. The molecule has 46 heavy (non-hydrogen) atoms. The summed E-state index contributed by atoms with van der Waals surface area (Å²) in [7, 11) is 0. The van der Waals surface area contributed by atoms with Crippen molar-refractivity contribution in [2.45, 2.75) is 12.3 Å². The second kappa shape index (κ2) is 10.9. The first-order chi connectivity index (χ1) is 22.8. The van der Waals surface area contributed by atoms with Gasteiger partial charge in [-0.3, -0.25) is 4.98 Å². The minimum absolute atomic E-state index is 0.199. The Balaban J connectivity index is 1.30. The smallest absolute Gasteiger partial charge is 0.160 e. The Morgan fingerprint density at radius 2 is 1.28 bits per heavy atom. The van der Waals surface area contributed by atoms with Crippen LogP contribution in [0.3, 0.4) is 0 Å². The molecule has 1 aliphatic rings. The molecule has 0 amide bonds. The predicted octanol–water partition coefficient (Wildman–Crippen LogP) is 11.0. The summed E-state index contributed by atoms with van der Waals surface area (Å²) in [6, 6.07) is 45.4. The largest absolute Gasteiger partial charge is 0.256 e. The SMILES string of the molecule is C1=CCC(c2cc(-c3ccccc3)nc(-c3cc(-c4ccccn4)cc(-c4ccc5ccc6cccc7ccc4c5c67)c3)n2)C=C1. The molecule has 0 aliphatic heterocycles. The van der Waals surface area contributed by atoms with Gasteiger partial charge in [0.05, 0.1) is 17.1 Å². The molecule has 6 aromatic carbocycles. The second-order valence-corrected chi connectivity index (χ2v) is 12.0. The van der Waals surface area contributed by atoms with Crippen molar-refractivity contribution >= 4 is 32.3 Å². The first-order valence-corrected chi connectivity index (χ1v) is 15.8. The highest BCUT2D eigenvalue weighted by molar-refractivity contribution is 6.25. The highest BCUT2D eigenvalue weighted by atomic mass is 14.9. The lowest BCUT2D eigenvalue weighted by Crippen LogP contribution is -2.04. The summed E-state index contributed by atoms with van der Waals surface area (Å²) in [5.74, 6) is 0.918. The summed E-state index contributed by atoms with van der Waals surface area (Å²) in [5, 5.41) is 7.65. The molecule has 0 radical (unpaired) electrons. The maximum Gasteiger partial charge on any atom is 0.160 e. The summed E-state index contributed by atoms with van der Waals surface area (Å²) in [6.07, 6.45) is 11.4. The van der Waals surface area contributed by atoms with Crippen LogP contribution in [0.25, 0.3) is 77.3 Å². The van der Waals surface area contributed by atoms with Crippen molar-refractivity contribution in [3.05, 3.63) is 164 Å². The van der Waals surface area contributed by atoms with E-state index < -0.39 is 0 Å². The lowest BCUT2D eigenvalue weighted by molar-refractivity contribution is 0.811. The summed E-state index contributed by atoms with van der Waals surface area (Å²) in [6.45, 7) is 0. The van der Waals surface area contributed by atoms with E-state index in [2.05, 4.69) is 133 Å². The zero-order valence-electron chi connectivity index (χ0n) is 25.1. The number of pyridine rings is 1. The van der Waals surface area contributed by atoms with Crippen LogP contribution in [0.15, 0.2) is 158 Å². The highest BCUT2D eigenvalue weighted by Gasteiger charge is 2.18. The van der Waals surface area contributed by atoms with Crippen LogP contribution in [0.2, 0.25) is 0 Å². The first kappa shape index (κ1) is 26.5. The monoisotopic (exact) mass is 587 g/mol. The maximum absolute atomic E-state index is 5.23. The van der Waals surface area contributed by atoms with Crippen molar-refractivity contribution in [3.8, 4) is 45.0 Å². The number of rotatable bonds is 5. The van der Waals surface area contributed by atoms with Gasteiger partial charge in [-0.1, -0.05) is 115 Å². The van der Waals surface area contributed by atoms with E-state index in [4.69, 9.17) is 15.0 Å². The molecule has 0 saturated heterocycles. The molecule has 0 spiro atoms. The lowest BCUT2D eigenvalue weighted by atomic mass is 9.88. The predicted molar refractivity (Wildman–Crippen MR) is 191 cm³/mol. The van der Waals surface area contributed by atoms with Gasteiger partial charge in [-0.05, 0) is 86.3 Å². The molecule has 216 valence electrons. The van der Waals surface area contributed by atoms with E-state index in [1.165, 1.54) is 37.9 Å². The van der Waals surface area contributed by atoms with Gasteiger partial charge in [-0.25, -0.2) is 9.97 Å². The third kappa shape index (κ3) is 4.56. The van der Waals surface area contributed by atoms with E-state index in [0.717, 1.165) is 51.6 Å². The minimum atomic E-state index is 0.199. The molecule has 3 nitrogen and oxygen atoms in total. The normalized spacial score (nSPS) is 14.5. The number of hydrogen-bond donors (Lipinski definition) is 0. The van der Waals surface area contributed by atoms with Crippen molar-refractivity contribution in [2.24, 2.45) is 0 Å². The third-order valence-electron chi connectivity index (χ3n) is 9.17. The Hall–Kier alpha value is -5.93. The Morgan fingerprint density at radius 1 is 0.522 bits per heavy atom. The molecular weight excluding hydrogens is 558 g/mol. The summed E-state index contributed by atoms with van der Waals surface area (Å²) in [4.78, 5) is 15.2. The van der Waals surface area contributed by atoms with Crippen LogP contribution < -0.4 is 0 Å². The molecule has 0 N–H and O–H groups in total. The van der Waals surface area contributed by atoms with Crippen LogP contribution in [0, 0.1) is 0 Å². The fourth-order valence-electron chi connectivity index (χ4n) is 6.92. The van der Waals surface area contributed by atoms with E-state index in [0.29, 0.717) is 0 Å². The van der Waals surface area contributed by atoms with E-state index in [1.807, 2.05) is 24.4 Å². The van der Waals surface area contributed by atoms with Crippen LogP contribution in [0.5, 0.6) is 0 Å². The van der Waals surface area contributed by atoms with Crippen molar-refractivity contribution in [2.75, 3.05) is 0 Å². The molecule has 2 aromatic heterocycles. The van der Waals surface area contributed by atoms with Crippen molar-refractivity contribution < 1.29 is 0 Å². The molecule has 2 heterocycles. The summed E-state index contributed by atoms with van der Waals surface area (Å²) < 4.78 is 0. The van der Waals surface area contributed by atoms with Crippen LogP contribution in [-0.4, -0.2) is 15.0 Å². The molecule has 1 atom stereocenters. The van der Waals surface area contributed by atoms with Gasteiger partial charge in [0.25, 0.3) is 0 Å². The van der Waals surface area contributed by atoms with Gasteiger partial charge in [-0.2, -0.15) is 0 Å². The van der Waals surface area contributed by atoms with E-state index in [9.17, 15) is 0 Å². The molecule has 0 bridgehead atoms. The van der Waals surface area contributed by atoms with Crippen LogP contribution in [0.1, 0.15) is 18.0 Å². The number of benzene rings is 6. The molecule has 9 rings (SSSR count). The Morgan fingerprint density at radius 3 is 2.09 bits per heavy atom. The lowest BCUT2D eigenvalue weighted by Gasteiger charge is -2.17. The number of aromatic nitrogens is 3. The van der Waals surface area contributed by atoms with Gasteiger partial charge in [0, 0.05) is 28.8 Å². The molecule has 1 aliphatic carbocycles. The van der Waals surface area contributed by atoms with Crippen LogP contribution in [0.4, 0.5) is 0 Å². The maximum atomic E-state index is 5.23. The number of hydrogen-bond acceptors (Lipinski definition) is 3. The van der Waals surface area contributed by atoms with Gasteiger partial charge in [0.1, 0.15) is 0 Å². The fourth-order valence-corrected chi connectivity index (χ4v) is 6.92. The molecule has 1 unspecified atom stereocenters. The molecule has 0 saturated carbocycles. The van der Waals surface area contributed by atoms with Crippen molar-refractivity contribution in [1.29, 1.82) is 0 Å². The number of allylic oxidation sites excluding steroid dienone is 4. The average molecular weight is 588 g/mol. The average Bonchev–Trinajstić information content (AvgIpc) is 3.14. The van der Waals surface area contributed by atoms with Gasteiger partial charge in [0.15, 0.2) is 5.82 Å². The highest BCUT2D eigenvalue weighted by Crippen LogP contribution is 2.41. The number of nitrogens with zero attached hydrogens (tertiary/aromatic N) is 3. The Kier molecular flexibility index (Phi) is 6.27. The van der Waals surface area contributed by atoms with Gasteiger partial charge < -0.3 is 0 Å². The van der Waals surface area contributed by atoms with Gasteiger partial charge >= 0.3 is 0 Å². The Labute approximate surface area is 267 Å². The quantitative estimate of drug-likeness (QED) is 0.188. The van der Waals surface area contributed by atoms with Gasteiger partial charge in [0.2, 0.25) is 0 Å². The topological polar surface area (TPSA) is 38.7 Å². The summed E-state index contributed by atoms with van der Waals surface area (Å²) in [5.41, 5.74) is 8.26.